The maximum atomic E-state index is 7.64. The van der Waals surface area contributed by atoms with Crippen LogP contribution < -0.4 is 21.2 Å². The molecule has 0 spiro atoms. The van der Waals surface area contributed by atoms with Crippen molar-refractivity contribution in [3.05, 3.63) is 121 Å². The molecule has 2 heteroatoms. The zero-order chi connectivity index (χ0) is 24.3. The van der Waals surface area contributed by atoms with E-state index in [0.717, 1.165) is 0 Å². The van der Waals surface area contributed by atoms with Gasteiger partial charge < -0.3 is 0 Å². The topological polar surface area (TPSA) is 9.23 Å². The molecule has 4 aromatic rings. The van der Waals surface area contributed by atoms with Crippen molar-refractivity contribution in [2.75, 3.05) is 0 Å². The van der Waals surface area contributed by atoms with Crippen molar-refractivity contribution in [3.8, 4) is 11.8 Å². The fraction of sp³-hybridized carbons (Fsp3) is 0.235. The zero-order valence-corrected chi connectivity index (χ0v) is 21.6. The van der Waals surface area contributed by atoms with E-state index < -0.39 is 6.83 Å². The normalized spacial score (nSPS) is 21.7. The molecule has 36 heavy (non-hydrogen) atoms. The van der Waals surface area contributed by atoms with Gasteiger partial charge in [-0.25, -0.2) is 0 Å². The van der Waals surface area contributed by atoms with Crippen molar-refractivity contribution in [2.45, 2.75) is 44.6 Å². The van der Waals surface area contributed by atoms with Crippen LogP contribution in [0.3, 0.4) is 0 Å². The summed E-state index contributed by atoms with van der Waals surface area (Å²) in [5.74, 6) is 7.86. The van der Waals surface area contributed by atoms with Gasteiger partial charge in [-0.15, -0.1) is 0 Å². The van der Waals surface area contributed by atoms with E-state index in [1.165, 1.54) is 65.3 Å². The number of hydrogen-bond acceptors (Lipinski definition) is 1. The Hall–Kier alpha value is -3.17. The molecule has 1 heterocycles. The molecule has 1 atom stereocenters. The summed E-state index contributed by atoms with van der Waals surface area (Å²) in [6.07, 6.45) is 7.42. The standard InChI is InChI=1S/C34H33OP/c1-2-7-17-28(16-6-1)26-27-33-32-24-14-15-25-34(32)36(35-33,29-18-8-3-9-19-29,30-20-10-4-11-21-30)31-22-12-5-13-23-31/h3-5,8-15,18-25,28,33H,1-2,6-7,16-17H2. The fourth-order valence-corrected chi connectivity index (χ4v) is 12.4. The van der Waals surface area contributed by atoms with Crippen molar-refractivity contribution >= 4 is 28.0 Å². The molecule has 0 N–H and O–H groups in total. The fourth-order valence-electron chi connectivity index (χ4n) is 6.33. The molecule has 1 aliphatic carbocycles. The van der Waals surface area contributed by atoms with Crippen LogP contribution in [-0.4, -0.2) is 0 Å². The minimum atomic E-state index is -3.52. The van der Waals surface area contributed by atoms with E-state index in [0.29, 0.717) is 5.92 Å². The second-order valence-corrected chi connectivity index (χ2v) is 14.4. The van der Waals surface area contributed by atoms with Crippen LogP contribution in [0.4, 0.5) is 0 Å². The van der Waals surface area contributed by atoms with Crippen molar-refractivity contribution < 1.29 is 4.52 Å². The van der Waals surface area contributed by atoms with Gasteiger partial charge in [0.05, 0.1) is 0 Å². The molecule has 2 aliphatic rings. The molecule has 1 fully saturated rings. The first-order valence-electron chi connectivity index (χ1n) is 13.3. The SMILES string of the molecule is C(#CC1OP(c2ccccc2)(c2ccccc2)(c2ccccc2)c2ccccc21)C1CCCCCC1. The molecule has 0 radical (unpaired) electrons. The third-order valence-electron chi connectivity index (χ3n) is 8.02. The van der Waals surface area contributed by atoms with E-state index in [1.807, 2.05) is 0 Å². The Morgan fingerprint density at radius 3 is 1.53 bits per heavy atom. The molecule has 1 unspecified atom stereocenters. The number of rotatable bonds is 3. The first kappa shape index (κ1) is 23.2. The number of hydrogen-bond donors (Lipinski definition) is 0. The summed E-state index contributed by atoms with van der Waals surface area (Å²) in [5, 5.41) is 4.97. The number of fused-ring (bicyclic) bond motifs is 1. The Morgan fingerprint density at radius 1 is 0.528 bits per heavy atom. The van der Waals surface area contributed by atoms with Crippen LogP contribution in [0.25, 0.3) is 0 Å². The van der Waals surface area contributed by atoms with Gasteiger partial charge in [-0.2, -0.15) is 0 Å². The van der Waals surface area contributed by atoms with Crippen molar-refractivity contribution in [1.82, 2.24) is 0 Å². The molecule has 180 valence electrons. The van der Waals surface area contributed by atoms with Gasteiger partial charge in [0.2, 0.25) is 0 Å². The Labute approximate surface area is 215 Å². The third-order valence-corrected chi connectivity index (χ3v) is 13.8. The Kier molecular flexibility index (Phi) is 6.27. The molecule has 0 aromatic heterocycles. The summed E-state index contributed by atoms with van der Waals surface area (Å²) >= 11 is 0. The molecular weight excluding hydrogens is 455 g/mol. The third kappa shape index (κ3) is 3.56. The zero-order valence-electron chi connectivity index (χ0n) is 20.7. The Balaban J connectivity index is 1.66. The summed E-state index contributed by atoms with van der Waals surface area (Å²) in [5.41, 5.74) is 1.22. The summed E-state index contributed by atoms with van der Waals surface area (Å²) < 4.78 is 7.64. The molecule has 0 amide bonds. The predicted octanol–water partition coefficient (Wildman–Crippen LogP) is 6.80. The van der Waals surface area contributed by atoms with Gasteiger partial charge in [0.1, 0.15) is 0 Å². The van der Waals surface area contributed by atoms with Crippen LogP contribution in [0.5, 0.6) is 0 Å². The molecule has 4 aromatic carbocycles. The monoisotopic (exact) mass is 488 g/mol. The molecular formula is C34H33OP. The van der Waals surface area contributed by atoms with Gasteiger partial charge in [-0.3, -0.25) is 0 Å². The van der Waals surface area contributed by atoms with Crippen molar-refractivity contribution in [3.63, 3.8) is 0 Å². The number of benzene rings is 4. The Morgan fingerprint density at radius 2 is 1.00 bits per heavy atom. The molecule has 1 nitrogen and oxygen atoms in total. The molecule has 6 rings (SSSR count). The van der Waals surface area contributed by atoms with Gasteiger partial charge in [0.15, 0.2) is 0 Å². The predicted molar refractivity (Wildman–Crippen MR) is 154 cm³/mol. The van der Waals surface area contributed by atoms with Gasteiger partial charge in [-0.05, 0) is 0 Å². The van der Waals surface area contributed by atoms with E-state index in [4.69, 9.17) is 4.52 Å². The van der Waals surface area contributed by atoms with E-state index in [1.54, 1.807) is 0 Å². The summed E-state index contributed by atoms with van der Waals surface area (Å²) in [6.45, 7) is -3.52. The van der Waals surface area contributed by atoms with Crippen molar-refractivity contribution in [1.29, 1.82) is 0 Å². The van der Waals surface area contributed by atoms with Crippen LogP contribution in [0.15, 0.2) is 115 Å². The minimum absolute atomic E-state index is 0.261. The first-order chi connectivity index (χ1) is 17.8. The van der Waals surface area contributed by atoms with Gasteiger partial charge in [0, 0.05) is 0 Å². The molecule has 0 bridgehead atoms. The average Bonchev–Trinajstić information content (AvgIpc) is 3.07. The van der Waals surface area contributed by atoms with E-state index >= 15 is 0 Å². The van der Waals surface area contributed by atoms with Crippen LogP contribution in [0, 0.1) is 17.8 Å². The summed E-state index contributed by atoms with van der Waals surface area (Å²) in [4.78, 5) is 0. The molecule has 1 aliphatic heterocycles. The van der Waals surface area contributed by atoms with E-state index in [2.05, 4.69) is 127 Å². The van der Waals surface area contributed by atoms with Crippen LogP contribution in [0.2, 0.25) is 0 Å². The second-order valence-electron chi connectivity index (χ2n) is 10.1. The molecule has 1 saturated carbocycles. The van der Waals surface area contributed by atoms with Gasteiger partial charge in [0.25, 0.3) is 0 Å². The second kappa shape index (κ2) is 9.71. The quantitative estimate of drug-likeness (QED) is 0.175. The molecule has 0 saturated heterocycles. The van der Waals surface area contributed by atoms with E-state index in [9.17, 15) is 0 Å². The first-order valence-corrected chi connectivity index (χ1v) is 15.5. The Bertz CT molecular complexity index is 1280. The van der Waals surface area contributed by atoms with E-state index in [-0.39, 0.29) is 6.10 Å². The average molecular weight is 489 g/mol. The summed E-state index contributed by atoms with van der Waals surface area (Å²) in [6, 6.07) is 41.6. The van der Waals surface area contributed by atoms with Crippen LogP contribution in [-0.2, 0) is 4.52 Å². The van der Waals surface area contributed by atoms with Gasteiger partial charge >= 0.3 is 216 Å². The van der Waals surface area contributed by atoms with Crippen molar-refractivity contribution in [2.24, 2.45) is 5.92 Å². The maximum absolute atomic E-state index is 7.64. The van der Waals surface area contributed by atoms with Crippen LogP contribution in [0.1, 0.15) is 50.2 Å². The van der Waals surface area contributed by atoms with Crippen LogP contribution >= 0.6 is 6.83 Å². The van der Waals surface area contributed by atoms with Gasteiger partial charge in [-0.1, -0.05) is 0 Å². The summed E-state index contributed by atoms with van der Waals surface area (Å²) in [7, 11) is 0.